The normalized spacial score (nSPS) is 18.0. The van der Waals surface area contributed by atoms with Crippen molar-refractivity contribution in [3.63, 3.8) is 0 Å². The first-order valence-electron chi connectivity index (χ1n) is 10.4. The van der Waals surface area contributed by atoms with Gasteiger partial charge in [-0.3, -0.25) is 9.88 Å². The van der Waals surface area contributed by atoms with E-state index in [9.17, 15) is 10.2 Å². The summed E-state index contributed by atoms with van der Waals surface area (Å²) in [7, 11) is 0. The average molecular weight is 396 g/mol. The minimum absolute atomic E-state index is 0.441. The standard InChI is InChI=1S/C23H29N3O3/c1-2-18-15-19-20(25-18)6-3-7-21(19)29-14-8-22(27)26-12-9-23(28,10-13-26)17-5-4-11-24-16-17/h3-7,11,15-16,22,25,27-28H,2,8-10,12-14H2,1H3. The first-order chi connectivity index (χ1) is 14.1. The Bertz CT molecular complexity index is 933. The molecule has 1 saturated heterocycles. The molecule has 0 amide bonds. The van der Waals surface area contributed by atoms with Crippen molar-refractivity contribution in [3.8, 4) is 5.75 Å². The molecular formula is C23H29N3O3. The molecule has 1 aliphatic rings. The molecule has 3 N–H and O–H groups in total. The van der Waals surface area contributed by atoms with Crippen LogP contribution in [0.4, 0.5) is 0 Å². The van der Waals surface area contributed by atoms with E-state index >= 15 is 0 Å². The molecule has 4 rings (SSSR count). The first kappa shape index (κ1) is 19.9. The third-order valence-electron chi connectivity index (χ3n) is 5.94. The van der Waals surface area contributed by atoms with Crippen LogP contribution in [0.1, 0.15) is 37.4 Å². The van der Waals surface area contributed by atoms with Crippen LogP contribution in [-0.4, -0.2) is 51.0 Å². The summed E-state index contributed by atoms with van der Waals surface area (Å²) in [5.41, 5.74) is 2.25. The van der Waals surface area contributed by atoms with Gasteiger partial charge in [0, 0.05) is 54.1 Å². The number of aliphatic hydroxyl groups excluding tert-OH is 1. The molecule has 29 heavy (non-hydrogen) atoms. The molecule has 1 unspecified atom stereocenters. The van der Waals surface area contributed by atoms with Crippen LogP contribution in [0.25, 0.3) is 10.9 Å². The number of fused-ring (bicyclic) bond motifs is 1. The summed E-state index contributed by atoms with van der Waals surface area (Å²) in [6.45, 7) is 3.84. The molecular weight excluding hydrogens is 366 g/mol. The fourth-order valence-electron chi connectivity index (χ4n) is 4.08. The number of rotatable bonds is 7. The minimum Gasteiger partial charge on any atom is -0.493 e. The molecule has 0 saturated carbocycles. The van der Waals surface area contributed by atoms with E-state index < -0.39 is 11.8 Å². The Labute approximate surface area is 171 Å². The number of nitrogens with one attached hydrogen (secondary N) is 1. The quantitative estimate of drug-likeness (QED) is 0.572. The van der Waals surface area contributed by atoms with Crippen LogP contribution < -0.4 is 4.74 Å². The summed E-state index contributed by atoms with van der Waals surface area (Å²) in [5, 5.41) is 22.6. The highest BCUT2D eigenvalue weighted by molar-refractivity contribution is 5.86. The van der Waals surface area contributed by atoms with E-state index in [-0.39, 0.29) is 0 Å². The number of pyridine rings is 1. The lowest BCUT2D eigenvalue weighted by atomic mass is 9.85. The highest BCUT2D eigenvalue weighted by Crippen LogP contribution is 2.33. The molecule has 2 aromatic heterocycles. The van der Waals surface area contributed by atoms with Gasteiger partial charge in [0.1, 0.15) is 12.0 Å². The smallest absolute Gasteiger partial charge is 0.128 e. The predicted octanol–water partition coefficient (Wildman–Crippen LogP) is 3.20. The number of ether oxygens (including phenoxy) is 1. The molecule has 3 heterocycles. The van der Waals surface area contributed by atoms with E-state index in [0.29, 0.717) is 39.0 Å². The molecule has 1 aliphatic heterocycles. The number of aromatic amines is 1. The Morgan fingerprint density at radius 1 is 1.24 bits per heavy atom. The second-order valence-electron chi connectivity index (χ2n) is 7.79. The molecule has 6 heteroatoms. The number of hydrogen-bond acceptors (Lipinski definition) is 5. The van der Waals surface area contributed by atoms with Gasteiger partial charge in [-0.2, -0.15) is 0 Å². The van der Waals surface area contributed by atoms with Crippen molar-refractivity contribution in [2.24, 2.45) is 0 Å². The van der Waals surface area contributed by atoms with Gasteiger partial charge in [0.25, 0.3) is 0 Å². The van der Waals surface area contributed by atoms with Crippen molar-refractivity contribution >= 4 is 10.9 Å². The van der Waals surface area contributed by atoms with E-state index in [2.05, 4.69) is 23.0 Å². The van der Waals surface area contributed by atoms with Gasteiger partial charge in [-0.25, -0.2) is 0 Å². The maximum absolute atomic E-state index is 10.9. The van der Waals surface area contributed by atoms with Crippen molar-refractivity contribution in [2.45, 2.75) is 44.4 Å². The fraction of sp³-hybridized carbons (Fsp3) is 0.435. The van der Waals surface area contributed by atoms with Gasteiger partial charge < -0.3 is 19.9 Å². The molecule has 1 aromatic carbocycles. The van der Waals surface area contributed by atoms with E-state index in [0.717, 1.165) is 28.6 Å². The zero-order chi connectivity index (χ0) is 20.3. The van der Waals surface area contributed by atoms with E-state index in [4.69, 9.17) is 4.74 Å². The highest BCUT2D eigenvalue weighted by Gasteiger charge is 2.35. The minimum atomic E-state index is -0.859. The molecule has 0 aliphatic carbocycles. The zero-order valence-electron chi connectivity index (χ0n) is 16.8. The van der Waals surface area contributed by atoms with E-state index in [1.807, 2.05) is 35.2 Å². The second kappa shape index (κ2) is 8.53. The highest BCUT2D eigenvalue weighted by atomic mass is 16.5. The van der Waals surface area contributed by atoms with Gasteiger partial charge in [-0.15, -0.1) is 0 Å². The number of benzene rings is 1. The van der Waals surface area contributed by atoms with Gasteiger partial charge in [0.2, 0.25) is 0 Å². The number of aromatic nitrogens is 2. The summed E-state index contributed by atoms with van der Waals surface area (Å²) >= 11 is 0. The number of nitrogens with zero attached hydrogens (tertiary/aromatic N) is 2. The summed E-state index contributed by atoms with van der Waals surface area (Å²) in [6.07, 6.45) is 5.50. The van der Waals surface area contributed by atoms with Crippen molar-refractivity contribution in [1.29, 1.82) is 0 Å². The molecule has 1 fully saturated rings. The van der Waals surface area contributed by atoms with Crippen LogP contribution in [0, 0.1) is 0 Å². The third-order valence-corrected chi connectivity index (χ3v) is 5.94. The maximum Gasteiger partial charge on any atom is 0.128 e. The Morgan fingerprint density at radius 2 is 2.07 bits per heavy atom. The molecule has 1 atom stereocenters. The molecule has 6 nitrogen and oxygen atoms in total. The second-order valence-corrected chi connectivity index (χ2v) is 7.79. The van der Waals surface area contributed by atoms with Crippen molar-refractivity contribution in [3.05, 3.63) is 60.0 Å². The van der Waals surface area contributed by atoms with Crippen LogP contribution in [0.3, 0.4) is 0 Å². The summed E-state index contributed by atoms with van der Waals surface area (Å²) in [4.78, 5) is 9.52. The molecule has 154 valence electrons. The van der Waals surface area contributed by atoms with Crippen molar-refractivity contribution in [1.82, 2.24) is 14.9 Å². The first-order valence-corrected chi connectivity index (χ1v) is 10.4. The largest absolute Gasteiger partial charge is 0.493 e. The van der Waals surface area contributed by atoms with Gasteiger partial charge in [-0.05, 0) is 43.5 Å². The Hall–Kier alpha value is -2.41. The van der Waals surface area contributed by atoms with Crippen LogP contribution in [0.15, 0.2) is 48.8 Å². The number of piperidine rings is 1. The molecule has 0 radical (unpaired) electrons. The van der Waals surface area contributed by atoms with Crippen LogP contribution in [-0.2, 0) is 12.0 Å². The van der Waals surface area contributed by atoms with Gasteiger partial charge >= 0.3 is 0 Å². The van der Waals surface area contributed by atoms with Gasteiger partial charge in [0.05, 0.1) is 12.2 Å². The lowest BCUT2D eigenvalue weighted by Gasteiger charge is -2.40. The Kier molecular flexibility index (Phi) is 5.85. The van der Waals surface area contributed by atoms with Gasteiger partial charge in [0.15, 0.2) is 0 Å². The molecule has 3 aromatic rings. The predicted molar refractivity (Wildman–Crippen MR) is 113 cm³/mol. The average Bonchev–Trinajstić information content (AvgIpc) is 3.19. The summed E-state index contributed by atoms with van der Waals surface area (Å²) < 4.78 is 5.98. The maximum atomic E-state index is 10.9. The van der Waals surface area contributed by atoms with Crippen LogP contribution in [0.5, 0.6) is 5.75 Å². The monoisotopic (exact) mass is 395 g/mol. The Balaban J connectivity index is 1.30. The lowest BCUT2D eigenvalue weighted by molar-refractivity contribution is -0.0820. The summed E-state index contributed by atoms with van der Waals surface area (Å²) in [5.74, 6) is 0.843. The van der Waals surface area contributed by atoms with Crippen molar-refractivity contribution < 1.29 is 14.9 Å². The van der Waals surface area contributed by atoms with Crippen LogP contribution >= 0.6 is 0 Å². The topological polar surface area (TPSA) is 81.6 Å². The lowest BCUT2D eigenvalue weighted by Crippen LogP contribution is -2.47. The van der Waals surface area contributed by atoms with Gasteiger partial charge in [-0.1, -0.05) is 19.1 Å². The fourth-order valence-corrected chi connectivity index (χ4v) is 4.08. The van der Waals surface area contributed by atoms with E-state index in [1.165, 1.54) is 5.69 Å². The SMILES string of the molecule is CCc1cc2c(OCCC(O)N3CCC(O)(c4cccnc4)CC3)cccc2[nH]1. The zero-order valence-corrected chi connectivity index (χ0v) is 16.8. The Morgan fingerprint density at radius 3 is 2.79 bits per heavy atom. The molecule has 0 bridgehead atoms. The number of hydrogen-bond donors (Lipinski definition) is 3. The number of H-pyrrole nitrogens is 1. The van der Waals surface area contributed by atoms with E-state index in [1.54, 1.807) is 12.4 Å². The summed E-state index contributed by atoms with van der Waals surface area (Å²) in [6, 6.07) is 11.9. The number of aliphatic hydroxyl groups is 2. The number of likely N-dealkylation sites (tertiary alicyclic amines) is 1. The van der Waals surface area contributed by atoms with Crippen molar-refractivity contribution in [2.75, 3.05) is 19.7 Å². The molecule has 0 spiro atoms. The number of aryl methyl sites for hydroxylation is 1. The van der Waals surface area contributed by atoms with Crippen LogP contribution in [0.2, 0.25) is 0 Å². The third kappa shape index (κ3) is 4.29.